The van der Waals surface area contributed by atoms with Gasteiger partial charge in [0.2, 0.25) is 0 Å². The maximum absolute atomic E-state index is 12.7. The third-order valence-electron chi connectivity index (χ3n) is 7.86. The van der Waals surface area contributed by atoms with E-state index in [0.29, 0.717) is 52.4 Å². The number of ether oxygens (including phenoxy) is 1. The Labute approximate surface area is 302 Å². The number of amides is 3. The normalized spacial score (nSPS) is 20.5. The number of nitrogens with one attached hydrogen (secondary N) is 5. The lowest BCUT2D eigenvalue weighted by Crippen LogP contribution is -2.58. The molecule has 0 bridgehead atoms. The number of nitrogens with zero attached hydrogens (tertiary/aromatic N) is 1. The zero-order chi connectivity index (χ0) is 36.9. The van der Waals surface area contributed by atoms with E-state index in [1.807, 2.05) is 74.5 Å². The van der Waals surface area contributed by atoms with Gasteiger partial charge in [-0.2, -0.15) is 11.0 Å². The van der Waals surface area contributed by atoms with E-state index in [4.69, 9.17) is 24.1 Å². The molecule has 2 aromatic carbocycles. The maximum atomic E-state index is 12.7. The van der Waals surface area contributed by atoms with E-state index in [2.05, 4.69) is 27.2 Å². The quantitative estimate of drug-likeness (QED) is 0.125. The van der Waals surface area contributed by atoms with Crippen molar-refractivity contribution in [1.82, 2.24) is 32.1 Å². The Morgan fingerprint density at radius 3 is 1.76 bits per heavy atom. The molecule has 0 aliphatic carbocycles. The number of likely N-dealkylation sites (tertiary alicyclic amines) is 1. The summed E-state index contributed by atoms with van der Waals surface area (Å²) in [4.78, 5) is 59.8. The van der Waals surface area contributed by atoms with Crippen LogP contribution in [0, 0.1) is 0 Å². The predicted octanol–water partition coefficient (Wildman–Crippen LogP) is 4.22. The van der Waals surface area contributed by atoms with Crippen molar-refractivity contribution in [3.05, 3.63) is 71.8 Å². The van der Waals surface area contributed by atoms with Crippen molar-refractivity contribution in [2.24, 2.45) is 0 Å². The number of piperidine rings is 2. The first-order chi connectivity index (χ1) is 24.6. The van der Waals surface area contributed by atoms with Gasteiger partial charge < -0.3 is 10.1 Å². The highest BCUT2D eigenvalue weighted by Gasteiger charge is 2.38. The molecule has 0 unspecified atom stereocenters. The van der Waals surface area contributed by atoms with Gasteiger partial charge in [-0.15, -0.1) is 0 Å². The van der Waals surface area contributed by atoms with Gasteiger partial charge in [0.05, 0.1) is 38.5 Å². The Kier molecular flexibility index (Phi) is 18.9. The highest BCUT2D eigenvalue weighted by atomic mass is 16.7. The molecule has 2 aromatic rings. The van der Waals surface area contributed by atoms with Crippen LogP contribution in [0.2, 0.25) is 0 Å². The fraction of sp³-hybridized carbons (Fsp3) is 0.595. The average molecular weight is 715 g/mol. The van der Waals surface area contributed by atoms with Crippen LogP contribution in [0.1, 0.15) is 84.3 Å². The molecule has 0 saturated carbocycles. The Bertz CT molecular complexity index is 1270. The van der Waals surface area contributed by atoms with Crippen molar-refractivity contribution in [3.8, 4) is 0 Å². The van der Waals surface area contributed by atoms with Gasteiger partial charge in [-0.1, -0.05) is 74.5 Å². The first-order valence-electron chi connectivity index (χ1n) is 18.0. The molecule has 51 heavy (non-hydrogen) atoms. The smallest absolute Gasteiger partial charge is 0.411 e. The van der Waals surface area contributed by atoms with Gasteiger partial charge >= 0.3 is 6.09 Å². The second kappa shape index (κ2) is 23.0. The minimum absolute atomic E-state index is 0.0999. The summed E-state index contributed by atoms with van der Waals surface area (Å²) in [7, 11) is 0. The second-order valence-corrected chi connectivity index (χ2v) is 13.6. The van der Waals surface area contributed by atoms with Crippen LogP contribution in [-0.4, -0.2) is 78.9 Å². The van der Waals surface area contributed by atoms with Crippen LogP contribution in [0.4, 0.5) is 4.79 Å². The summed E-state index contributed by atoms with van der Waals surface area (Å²) in [5.74, 6) is -0.440. The van der Waals surface area contributed by atoms with Crippen LogP contribution >= 0.6 is 0 Å². The van der Waals surface area contributed by atoms with Gasteiger partial charge in [0.1, 0.15) is 11.6 Å². The SMILES string of the molecule is CCCONC(=O)[C@@H]1CC[C@@H](NOCc2ccccc2)CN1.CCCONC(=O)[C@@H]1CC[C@@H](NOCc2ccccc2)CN1C(=O)OC(C)(C)C. The van der Waals surface area contributed by atoms with Crippen molar-refractivity contribution >= 4 is 17.9 Å². The molecule has 14 heteroatoms. The summed E-state index contributed by atoms with van der Waals surface area (Å²) in [5.41, 5.74) is 12.5. The molecule has 2 aliphatic rings. The van der Waals surface area contributed by atoms with Crippen LogP contribution in [0.3, 0.4) is 0 Å². The van der Waals surface area contributed by atoms with E-state index in [1.165, 1.54) is 4.90 Å². The molecule has 0 radical (unpaired) electrons. The first-order valence-corrected chi connectivity index (χ1v) is 18.0. The average Bonchev–Trinajstić information content (AvgIpc) is 3.12. The van der Waals surface area contributed by atoms with Crippen molar-refractivity contribution in [2.45, 2.75) is 116 Å². The minimum Gasteiger partial charge on any atom is -0.444 e. The maximum Gasteiger partial charge on any atom is 0.411 e. The lowest BCUT2D eigenvalue weighted by atomic mass is 9.98. The number of hydrogen-bond donors (Lipinski definition) is 5. The molecule has 5 N–H and O–H groups in total. The second-order valence-electron chi connectivity index (χ2n) is 13.6. The van der Waals surface area contributed by atoms with Crippen LogP contribution in [0.15, 0.2) is 60.7 Å². The first kappa shape index (κ1) is 41.8. The molecule has 4 rings (SSSR count). The molecular formula is C37H58N6O8. The van der Waals surface area contributed by atoms with Crippen LogP contribution in [0.25, 0.3) is 0 Å². The molecule has 4 atom stereocenters. The number of benzene rings is 2. The van der Waals surface area contributed by atoms with Gasteiger partial charge in [-0.05, 0) is 70.4 Å². The molecule has 284 valence electrons. The predicted molar refractivity (Wildman–Crippen MR) is 192 cm³/mol. The number of rotatable bonds is 16. The van der Waals surface area contributed by atoms with E-state index < -0.39 is 17.7 Å². The largest absolute Gasteiger partial charge is 0.444 e. The zero-order valence-electron chi connectivity index (χ0n) is 30.8. The van der Waals surface area contributed by atoms with E-state index in [9.17, 15) is 14.4 Å². The standard InChI is InChI=1S/C21H33N3O5.C16H25N3O3/c1-5-13-27-23-19(25)18-12-11-17(14-24(18)20(26)29-21(2,3)4)22-28-15-16-9-7-6-8-10-16;1-2-10-21-19-16(20)15-9-8-14(11-17-15)18-22-12-13-6-4-3-5-7-13/h6-10,17-18,22H,5,11-15H2,1-4H3,(H,23,25);3-7,14-15,17-18H,2,8-12H2,1H3,(H,19,20)/t17-,18+;14-,15+/m11/s1. The van der Waals surface area contributed by atoms with Gasteiger partial charge in [0, 0.05) is 19.1 Å². The van der Waals surface area contributed by atoms with E-state index in [-0.39, 0.29) is 29.9 Å². The molecule has 2 fully saturated rings. The lowest BCUT2D eigenvalue weighted by molar-refractivity contribution is -0.141. The van der Waals surface area contributed by atoms with Crippen LogP contribution < -0.4 is 27.2 Å². The van der Waals surface area contributed by atoms with Crippen molar-refractivity contribution in [3.63, 3.8) is 0 Å². The number of hydroxylamine groups is 4. The molecule has 0 aromatic heterocycles. The number of carbonyl (C=O) groups is 3. The Morgan fingerprint density at radius 1 is 0.725 bits per heavy atom. The van der Waals surface area contributed by atoms with Gasteiger partial charge in [0.25, 0.3) is 11.8 Å². The van der Waals surface area contributed by atoms with E-state index in [1.54, 1.807) is 20.8 Å². The van der Waals surface area contributed by atoms with Crippen LogP contribution in [0.5, 0.6) is 0 Å². The minimum atomic E-state index is -0.652. The number of hydrogen-bond acceptors (Lipinski definition) is 11. The molecular weight excluding hydrogens is 656 g/mol. The van der Waals surface area contributed by atoms with Crippen molar-refractivity contribution in [1.29, 1.82) is 0 Å². The lowest BCUT2D eigenvalue weighted by Gasteiger charge is -2.39. The molecule has 2 heterocycles. The highest BCUT2D eigenvalue weighted by Crippen LogP contribution is 2.21. The molecule has 0 spiro atoms. The topological polar surface area (TPSA) is 161 Å². The van der Waals surface area contributed by atoms with Gasteiger partial charge in [-0.3, -0.25) is 33.8 Å². The molecule has 2 saturated heterocycles. The summed E-state index contributed by atoms with van der Waals surface area (Å²) in [6.07, 6.45) is 3.94. The molecule has 3 amide bonds. The third-order valence-corrected chi connectivity index (χ3v) is 7.86. The molecule has 2 aliphatic heterocycles. The van der Waals surface area contributed by atoms with E-state index >= 15 is 0 Å². The van der Waals surface area contributed by atoms with E-state index in [0.717, 1.165) is 36.8 Å². The Hall–Kier alpha value is -3.63. The Balaban J connectivity index is 0.000000286. The summed E-state index contributed by atoms with van der Waals surface area (Å²) >= 11 is 0. The number of carbonyl (C=O) groups excluding carboxylic acids is 3. The Morgan fingerprint density at radius 2 is 1.25 bits per heavy atom. The summed E-state index contributed by atoms with van der Waals surface area (Å²) < 4.78 is 5.50. The fourth-order valence-corrected chi connectivity index (χ4v) is 5.26. The van der Waals surface area contributed by atoms with Crippen molar-refractivity contribution < 1.29 is 38.5 Å². The van der Waals surface area contributed by atoms with Crippen molar-refractivity contribution in [2.75, 3.05) is 26.3 Å². The summed E-state index contributed by atoms with van der Waals surface area (Å²) in [6, 6.07) is 19.1. The van der Waals surface area contributed by atoms with Crippen LogP contribution in [-0.2, 0) is 46.9 Å². The van der Waals surface area contributed by atoms with Gasteiger partial charge in [0.15, 0.2) is 0 Å². The summed E-state index contributed by atoms with van der Waals surface area (Å²) in [6.45, 7) is 12.2. The van der Waals surface area contributed by atoms with Gasteiger partial charge in [-0.25, -0.2) is 15.8 Å². The summed E-state index contributed by atoms with van der Waals surface area (Å²) in [5, 5.41) is 3.21. The third kappa shape index (κ3) is 16.5. The monoisotopic (exact) mass is 714 g/mol. The fourth-order valence-electron chi connectivity index (χ4n) is 5.26. The highest BCUT2D eigenvalue weighted by molar-refractivity contribution is 5.85. The zero-order valence-corrected chi connectivity index (χ0v) is 30.8. The molecule has 14 nitrogen and oxygen atoms in total.